The van der Waals surface area contributed by atoms with Crippen LogP contribution in [0.5, 0.6) is 11.5 Å². The van der Waals surface area contributed by atoms with Gasteiger partial charge in [-0.1, -0.05) is 184 Å². The number of rotatable bonds is 6. The Morgan fingerprint density at radius 1 is 0.317 bits per heavy atom. The second-order valence-electron chi connectivity index (χ2n) is 17.3. The molecule has 10 aromatic rings. The minimum Gasteiger partial charge on any atom is -0.455 e. The summed E-state index contributed by atoms with van der Waals surface area (Å²) in [4.78, 5) is 2.46. The molecule has 1 heterocycles. The highest BCUT2D eigenvalue weighted by Crippen LogP contribution is 2.54. The maximum Gasteiger partial charge on any atom is 0.143 e. The molecule has 1 aliphatic carbocycles. The van der Waals surface area contributed by atoms with E-state index in [0.717, 1.165) is 67.3 Å². The van der Waals surface area contributed by atoms with Crippen molar-refractivity contribution in [3.63, 3.8) is 0 Å². The lowest BCUT2D eigenvalue weighted by atomic mass is 9.82. The Morgan fingerprint density at radius 3 is 1.56 bits per heavy atom. The molecule has 1 aliphatic heterocycles. The van der Waals surface area contributed by atoms with Crippen LogP contribution in [0, 0.1) is 0 Å². The summed E-state index contributed by atoms with van der Waals surface area (Å²) in [5.74, 6) is 1.72. The van der Waals surface area contributed by atoms with Crippen LogP contribution >= 0.6 is 0 Å². The summed E-state index contributed by atoms with van der Waals surface area (Å²) in [7, 11) is 0. The van der Waals surface area contributed by atoms with Gasteiger partial charge in [0.2, 0.25) is 0 Å². The predicted octanol–water partition coefficient (Wildman–Crippen LogP) is 17.1. The molecule has 63 heavy (non-hydrogen) atoms. The molecule has 0 spiro atoms. The largest absolute Gasteiger partial charge is 0.455 e. The molecule has 2 aliphatic rings. The summed E-state index contributed by atoms with van der Waals surface area (Å²) in [6.07, 6.45) is 0. The molecular weight excluding hydrogens is 763 g/mol. The number of fused-ring (bicyclic) bond motifs is 10. The maximum atomic E-state index is 7.08. The number of benzene rings is 10. The Bertz CT molecular complexity index is 3330. The van der Waals surface area contributed by atoms with E-state index in [1.54, 1.807) is 0 Å². The quantitative estimate of drug-likeness (QED) is 0.166. The van der Waals surface area contributed by atoms with Gasteiger partial charge in [-0.2, -0.15) is 0 Å². The van der Waals surface area contributed by atoms with E-state index in [-0.39, 0.29) is 5.41 Å². The van der Waals surface area contributed by atoms with E-state index in [9.17, 15) is 0 Å². The van der Waals surface area contributed by atoms with Crippen molar-refractivity contribution < 1.29 is 4.74 Å². The first-order valence-corrected chi connectivity index (χ1v) is 21.8. The van der Waals surface area contributed by atoms with E-state index in [1.165, 1.54) is 49.9 Å². The van der Waals surface area contributed by atoms with E-state index >= 15 is 0 Å². The second-order valence-corrected chi connectivity index (χ2v) is 17.3. The number of hydrogen-bond donors (Lipinski definition) is 0. The molecule has 10 aromatic carbocycles. The van der Waals surface area contributed by atoms with Gasteiger partial charge in [-0.15, -0.1) is 0 Å². The third kappa shape index (κ3) is 6.09. The monoisotopic (exact) mass is 805 g/mol. The number of nitrogens with zero attached hydrogens (tertiary/aromatic N) is 1. The minimum absolute atomic E-state index is 0.165. The van der Waals surface area contributed by atoms with Gasteiger partial charge in [-0.3, -0.25) is 0 Å². The molecule has 0 saturated carbocycles. The topological polar surface area (TPSA) is 12.5 Å². The molecule has 2 nitrogen and oxygen atoms in total. The first-order chi connectivity index (χ1) is 31.0. The molecule has 298 valence electrons. The number of ether oxygens (including phenoxy) is 1. The first kappa shape index (κ1) is 36.9. The SMILES string of the molecule is CC1(C)c2ccccc2-c2ccc(N(c3cc(-c4ccccc4)cc(-c4ccccc4)c3)c3ccc4c(c3)-c3ccccc3Oc3c-4cc(-c4ccccc4)c4ccccc34)cc21. The van der Waals surface area contributed by atoms with E-state index < -0.39 is 0 Å². The highest BCUT2D eigenvalue weighted by Gasteiger charge is 2.36. The van der Waals surface area contributed by atoms with E-state index in [0.29, 0.717) is 0 Å². The van der Waals surface area contributed by atoms with Gasteiger partial charge in [0.25, 0.3) is 0 Å². The molecule has 0 radical (unpaired) electrons. The third-order valence-corrected chi connectivity index (χ3v) is 13.2. The van der Waals surface area contributed by atoms with Gasteiger partial charge < -0.3 is 9.64 Å². The van der Waals surface area contributed by atoms with E-state index in [1.807, 2.05) is 0 Å². The average molecular weight is 806 g/mol. The maximum absolute atomic E-state index is 7.08. The van der Waals surface area contributed by atoms with Crippen molar-refractivity contribution in [1.82, 2.24) is 0 Å². The molecule has 0 unspecified atom stereocenters. The molecule has 0 bridgehead atoms. The van der Waals surface area contributed by atoms with Crippen LogP contribution in [0.1, 0.15) is 25.0 Å². The predicted molar refractivity (Wildman–Crippen MR) is 263 cm³/mol. The van der Waals surface area contributed by atoms with Gasteiger partial charge in [-0.05, 0) is 127 Å². The zero-order valence-electron chi connectivity index (χ0n) is 35.2. The van der Waals surface area contributed by atoms with Crippen LogP contribution < -0.4 is 9.64 Å². The zero-order chi connectivity index (χ0) is 42.1. The molecule has 0 aromatic heterocycles. The molecule has 0 amide bonds. The van der Waals surface area contributed by atoms with Crippen LogP contribution in [0.4, 0.5) is 17.1 Å². The van der Waals surface area contributed by atoms with Crippen LogP contribution in [0.3, 0.4) is 0 Å². The molecule has 0 N–H and O–H groups in total. The van der Waals surface area contributed by atoms with Gasteiger partial charge in [0.1, 0.15) is 11.5 Å². The van der Waals surface area contributed by atoms with E-state index in [2.05, 4.69) is 243 Å². The summed E-state index contributed by atoms with van der Waals surface area (Å²) in [5, 5.41) is 2.26. The average Bonchev–Trinajstić information content (AvgIpc) is 3.47. The summed E-state index contributed by atoms with van der Waals surface area (Å²) in [6, 6.07) is 81.7. The first-order valence-electron chi connectivity index (χ1n) is 21.8. The Kier molecular flexibility index (Phi) is 8.55. The highest BCUT2D eigenvalue weighted by molar-refractivity contribution is 6.08. The lowest BCUT2D eigenvalue weighted by Crippen LogP contribution is -2.16. The molecule has 0 fully saturated rings. The Labute approximate surface area is 369 Å². The lowest BCUT2D eigenvalue weighted by molar-refractivity contribution is 0.493. The third-order valence-electron chi connectivity index (χ3n) is 13.2. The number of anilines is 3. The normalized spacial score (nSPS) is 12.9. The van der Waals surface area contributed by atoms with Crippen molar-refractivity contribution in [1.29, 1.82) is 0 Å². The molecule has 0 atom stereocenters. The van der Waals surface area contributed by atoms with Crippen LogP contribution in [-0.4, -0.2) is 0 Å². The summed E-state index contributed by atoms with van der Waals surface area (Å²) in [5.41, 5.74) is 19.8. The number of para-hydroxylation sites is 1. The van der Waals surface area contributed by atoms with Crippen LogP contribution in [0.15, 0.2) is 224 Å². The summed E-state index contributed by atoms with van der Waals surface area (Å²) >= 11 is 0. The zero-order valence-corrected chi connectivity index (χ0v) is 35.2. The van der Waals surface area contributed by atoms with Crippen LogP contribution in [0.25, 0.3) is 77.5 Å². The van der Waals surface area contributed by atoms with Gasteiger partial charge >= 0.3 is 0 Å². The minimum atomic E-state index is -0.165. The molecular formula is C61H43NO. The highest BCUT2D eigenvalue weighted by atomic mass is 16.5. The van der Waals surface area contributed by atoms with E-state index in [4.69, 9.17) is 4.74 Å². The molecule has 12 rings (SSSR count). The van der Waals surface area contributed by atoms with Crippen molar-refractivity contribution in [2.45, 2.75) is 19.3 Å². The fourth-order valence-electron chi connectivity index (χ4n) is 10.1. The fourth-order valence-corrected chi connectivity index (χ4v) is 10.1. The standard InChI is InChI=1S/C61H43NO/c1-61(2)57-28-16-14-25-50(57)51-33-31-46(38-58(51)61)62(47-35-43(40-18-6-3-7-19-40)34-44(36-47)41-20-8-4-9-21-41)45-30-32-49-55(37-45)52-26-15-17-29-59(52)63-60-53-27-13-12-24-48(53)54(39-56(49)60)42-22-10-5-11-23-42/h3-39H,1-2H3. The molecule has 2 heteroatoms. The summed E-state index contributed by atoms with van der Waals surface area (Å²) in [6.45, 7) is 4.72. The second kappa shape index (κ2) is 14.6. The summed E-state index contributed by atoms with van der Waals surface area (Å²) < 4.78 is 7.08. The van der Waals surface area contributed by atoms with Gasteiger partial charge in [-0.25, -0.2) is 0 Å². The van der Waals surface area contributed by atoms with Crippen molar-refractivity contribution in [2.24, 2.45) is 0 Å². The van der Waals surface area contributed by atoms with Crippen molar-refractivity contribution >= 4 is 27.8 Å². The van der Waals surface area contributed by atoms with Crippen molar-refractivity contribution in [3.8, 4) is 78.3 Å². The Balaban J connectivity index is 1.13. The van der Waals surface area contributed by atoms with Gasteiger partial charge in [0.05, 0.1) is 0 Å². The van der Waals surface area contributed by atoms with Gasteiger partial charge in [0.15, 0.2) is 0 Å². The van der Waals surface area contributed by atoms with Crippen LogP contribution in [0.2, 0.25) is 0 Å². The van der Waals surface area contributed by atoms with Crippen LogP contribution in [-0.2, 0) is 5.41 Å². The lowest BCUT2D eigenvalue weighted by Gasteiger charge is -2.30. The Hall–Kier alpha value is -7.94. The smallest absolute Gasteiger partial charge is 0.143 e. The fraction of sp³-hybridized carbons (Fsp3) is 0.0492. The number of hydrogen-bond acceptors (Lipinski definition) is 2. The molecule has 0 saturated heterocycles. The van der Waals surface area contributed by atoms with Crippen molar-refractivity contribution in [2.75, 3.05) is 4.90 Å². The Morgan fingerprint density at radius 2 is 0.857 bits per heavy atom. The van der Waals surface area contributed by atoms with Crippen molar-refractivity contribution in [3.05, 3.63) is 236 Å². The van der Waals surface area contributed by atoms with Gasteiger partial charge in [0, 0.05) is 39.0 Å².